The first-order chi connectivity index (χ1) is 12.3. The van der Waals surface area contributed by atoms with Crippen LogP contribution >= 0.6 is 45.8 Å². The van der Waals surface area contributed by atoms with E-state index in [0.29, 0.717) is 27.0 Å². The van der Waals surface area contributed by atoms with Gasteiger partial charge < -0.3 is 21.1 Å². The summed E-state index contributed by atoms with van der Waals surface area (Å²) in [6.45, 7) is 0. The minimum atomic E-state index is -1.02. The van der Waals surface area contributed by atoms with E-state index in [9.17, 15) is 14.7 Å². The van der Waals surface area contributed by atoms with E-state index in [1.54, 1.807) is 24.3 Å². The molecule has 4 N–H and O–H groups in total. The zero-order chi connectivity index (χ0) is 18.8. The highest BCUT2D eigenvalue weighted by Gasteiger charge is 2.33. The molecule has 136 valence electrons. The minimum absolute atomic E-state index is 0.157. The van der Waals surface area contributed by atoms with Gasteiger partial charge in [-0.25, -0.2) is 9.59 Å². The van der Waals surface area contributed by atoms with Gasteiger partial charge in [-0.1, -0.05) is 23.2 Å². The van der Waals surface area contributed by atoms with Gasteiger partial charge in [0.2, 0.25) is 0 Å². The van der Waals surface area contributed by atoms with Crippen LogP contribution in [0.3, 0.4) is 0 Å². The van der Waals surface area contributed by atoms with Crippen molar-refractivity contribution in [3.8, 4) is 0 Å². The van der Waals surface area contributed by atoms with Gasteiger partial charge in [-0.05, 0) is 59.0 Å². The first-order valence-electron chi connectivity index (χ1n) is 7.65. The van der Waals surface area contributed by atoms with Crippen LogP contribution in [0.2, 0.25) is 10.0 Å². The first kappa shape index (κ1) is 19.1. The van der Waals surface area contributed by atoms with E-state index in [2.05, 4.69) is 38.5 Å². The van der Waals surface area contributed by atoms with E-state index in [1.165, 1.54) is 0 Å². The molecule has 2 aromatic carbocycles. The molecule has 0 aromatic heterocycles. The molecule has 0 saturated heterocycles. The molecule has 1 aliphatic heterocycles. The molecule has 0 aliphatic carbocycles. The highest BCUT2D eigenvalue weighted by molar-refractivity contribution is 14.1. The number of nitrogens with one attached hydrogen (secondary N) is 3. The first-order valence-corrected chi connectivity index (χ1v) is 9.48. The number of amides is 2. The number of carboxylic acids is 1. The number of halogens is 3. The van der Waals surface area contributed by atoms with Crippen LogP contribution in [0, 0.1) is 3.57 Å². The summed E-state index contributed by atoms with van der Waals surface area (Å²) in [5.74, 6) is -1.02. The molecule has 3 rings (SSSR count). The lowest BCUT2D eigenvalue weighted by Gasteiger charge is -2.32. The van der Waals surface area contributed by atoms with Crippen molar-refractivity contribution in [2.24, 2.45) is 0 Å². The molecule has 1 heterocycles. The summed E-state index contributed by atoms with van der Waals surface area (Å²) < 4.78 is 1.05. The van der Waals surface area contributed by atoms with Crippen molar-refractivity contribution in [1.29, 1.82) is 0 Å². The summed E-state index contributed by atoms with van der Waals surface area (Å²) >= 11 is 14.5. The number of benzene rings is 2. The quantitative estimate of drug-likeness (QED) is 0.454. The lowest BCUT2D eigenvalue weighted by atomic mass is 9.93. The number of urea groups is 1. The fourth-order valence-corrected chi connectivity index (χ4v) is 3.80. The second kappa shape index (κ2) is 7.89. The smallest absolute Gasteiger partial charge is 0.326 e. The van der Waals surface area contributed by atoms with Gasteiger partial charge >= 0.3 is 12.0 Å². The van der Waals surface area contributed by atoms with Crippen LogP contribution in [0.4, 0.5) is 16.2 Å². The van der Waals surface area contributed by atoms with Crippen molar-refractivity contribution in [3.63, 3.8) is 0 Å². The van der Waals surface area contributed by atoms with Gasteiger partial charge in [0.25, 0.3) is 0 Å². The number of carboxylic acid groups (broad SMARTS) is 1. The molecule has 26 heavy (non-hydrogen) atoms. The van der Waals surface area contributed by atoms with Crippen molar-refractivity contribution < 1.29 is 14.7 Å². The van der Waals surface area contributed by atoms with Gasteiger partial charge in [-0.2, -0.15) is 0 Å². The molecule has 0 radical (unpaired) electrons. The Morgan fingerprint density at radius 1 is 1.19 bits per heavy atom. The van der Waals surface area contributed by atoms with E-state index in [1.807, 2.05) is 12.1 Å². The molecule has 0 spiro atoms. The SMILES string of the molecule is O=C(Nc1ccc(I)cc1)NC1CC(C(=O)O)Nc2cc(Cl)cc(Cl)c21. The van der Waals surface area contributed by atoms with Crippen LogP contribution in [0.5, 0.6) is 0 Å². The molecule has 2 unspecified atom stereocenters. The monoisotopic (exact) mass is 505 g/mol. The van der Waals surface area contributed by atoms with Gasteiger partial charge in [-0.3, -0.25) is 0 Å². The Bertz CT molecular complexity index is 861. The van der Waals surface area contributed by atoms with E-state index >= 15 is 0 Å². The molecule has 0 bridgehead atoms. The molecular weight excluding hydrogens is 492 g/mol. The molecule has 2 atom stereocenters. The average molecular weight is 506 g/mol. The highest BCUT2D eigenvalue weighted by atomic mass is 127. The molecular formula is C17H14Cl2IN3O3. The number of rotatable bonds is 3. The molecule has 6 nitrogen and oxygen atoms in total. The molecule has 2 aromatic rings. The average Bonchev–Trinajstić information content (AvgIpc) is 2.55. The van der Waals surface area contributed by atoms with Gasteiger partial charge in [0.15, 0.2) is 0 Å². The predicted octanol–water partition coefficient (Wildman–Crippen LogP) is 4.73. The standard InChI is InChI=1S/C17H14Cl2IN3O3/c18-8-5-11(19)15-12(6-8)22-14(16(24)25)7-13(15)23-17(26)21-10-3-1-9(20)2-4-10/h1-6,13-14,22H,7H2,(H,24,25)(H2,21,23,26). The Balaban J connectivity index is 1.83. The van der Waals surface area contributed by atoms with E-state index < -0.39 is 24.1 Å². The van der Waals surface area contributed by atoms with Crippen molar-refractivity contribution in [2.45, 2.75) is 18.5 Å². The second-order valence-electron chi connectivity index (χ2n) is 5.78. The van der Waals surface area contributed by atoms with Gasteiger partial charge in [-0.15, -0.1) is 0 Å². The number of anilines is 2. The Hall–Kier alpha value is -1.71. The number of aliphatic carboxylic acids is 1. The fraction of sp³-hybridized carbons (Fsp3) is 0.176. The third-order valence-electron chi connectivity index (χ3n) is 3.95. The van der Waals surface area contributed by atoms with Crippen molar-refractivity contribution in [1.82, 2.24) is 5.32 Å². The van der Waals surface area contributed by atoms with Crippen LogP contribution in [-0.4, -0.2) is 23.1 Å². The van der Waals surface area contributed by atoms with E-state index in [0.717, 1.165) is 3.57 Å². The third-order valence-corrected chi connectivity index (χ3v) is 5.20. The fourth-order valence-electron chi connectivity index (χ4n) is 2.81. The largest absolute Gasteiger partial charge is 0.480 e. The van der Waals surface area contributed by atoms with E-state index in [4.69, 9.17) is 23.2 Å². The van der Waals surface area contributed by atoms with Crippen molar-refractivity contribution in [3.05, 3.63) is 55.6 Å². The van der Waals surface area contributed by atoms with E-state index in [-0.39, 0.29) is 6.42 Å². The lowest BCUT2D eigenvalue weighted by Crippen LogP contribution is -2.42. The molecule has 0 saturated carbocycles. The number of fused-ring (bicyclic) bond motifs is 1. The van der Waals surface area contributed by atoms with Crippen LogP contribution in [0.25, 0.3) is 0 Å². The predicted molar refractivity (Wildman–Crippen MR) is 110 cm³/mol. The number of hydrogen-bond donors (Lipinski definition) is 4. The van der Waals surface area contributed by atoms with Gasteiger partial charge in [0.05, 0.1) is 6.04 Å². The lowest BCUT2D eigenvalue weighted by molar-refractivity contribution is -0.138. The van der Waals surface area contributed by atoms with Crippen LogP contribution in [0.1, 0.15) is 18.0 Å². The maximum atomic E-state index is 12.4. The van der Waals surface area contributed by atoms with Crippen molar-refractivity contribution >= 4 is 69.2 Å². The zero-order valence-corrected chi connectivity index (χ0v) is 16.9. The summed E-state index contributed by atoms with van der Waals surface area (Å²) in [6, 6.07) is 8.60. The number of carbonyl (C=O) groups excluding carboxylic acids is 1. The molecule has 2 amide bonds. The Kier molecular flexibility index (Phi) is 5.79. The third kappa shape index (κ3) is 4.33. The topological polar surface area (TPSA) is 90.5 Å². The summed E-state index contributed by atoms with van der Waals surface area (Å²) in [5, 5.41) is 18.5. The molecule has 1 aliphatic rings. The highest BCUT2D eigenvalue weighted by Crippen LogP contribution is 2.39. The van der Waals surface area contributed by atoms with Gasteiger partial charge in [0, 0.05) is 37.0 Å². The van der Waals surface area contributed by atoms with Crippen molar-refractivity contribution in [2.75, 3.05) is 10.6 Å². The zero-order valence-electron chi connectivity index (χ0n) is 13.2. The molecule has 0 fully saturated rings. The summed E-state index contributed by atoms with van der Waals surface area (Å²) in [6.07, 6.45) is 0.157. The molecule has 9 heteroatoms. The van der Waals surface area contributed by atoms with Crippen LogP contribution in [-0.2, 0) is 4.79 Å². The Labute approximate surface area is 173 Å². The van der Waals surface area contributed by atoms with Gasteiger partial charge in [0.1, 0.15) is 6.04 Å². The normalized spacial score (nSPS) is 18.4. The minimum Gasteiger partial charge on any atom is -0.480 e. The Morgan fingerprint density at radius 3 is 2.54 bits per heavy atom. The Morgan fingerprint density at radius 2 is 1.88 bits per heavy atom. The second-order valence-corrected chi connectivity index (χ2v) is 7.87. The number of carbonyl (C=O) groups is 2. The summed E-state index contributed by atoms with van der Waals surface area (Å²) in [7, 11) is 0. The maximum Gasteiger partial charge on any atom is 0.326 e. The number of hydrogen-bond acceptors (Lipinski definition) is 3. The maximum absolute atomic E-state index is 12.4. The van der Waals surface area contributed by atoms with Crippen LogP contribution < -0.4 is 16.0 Å². The van der Waals surface area contributed by atoms with Crippen LogP contribution in [0.15, 0.2) is 36.4 Å². The summed E-state index contributed by atoms with van der Waals surface area (Å²) in [4.78, 5) is 23.8. The summed E-state index contributed by atoms with van der Waals surface area (Å²) in [5.41, 5.74) is 1.75.